The molecular weight excluding hydrogens is 318 g/mol. The third-order valence-corrected chi connectivity index (χ3v) is 7.17. The Hall–Kier alpha value is -1.51. The normalized spacial score (nSPS) is 17.1. The number of carboxylic acid groups (broad SMARTS) is 1. The molecule has 0 spiro atoms. The van der Waals surface area contributed by atoms with Crippen LogP contribution in [-0.2, 0) is 16.3 Å². The maximum atomic E-state index is 11.9. The smallest absolute Gasteiger partial charge is 0.348 e. The molecule has 3 heterocycles. The van der Waals surface area contributed by atoms with Gasteiger partial charge in [0.05, 0.1) is 16.8 Å². The molecule has 0 amide bonds. The van der Waals surface area contributed by atoms with Crippen LogP contribution in [0.3, 0.4) is 0 Å². The van der Waals surface area contributed by atoms with Crippen molar-refractivity contribution in [1.29, 1.82) is 0 Å². The van der Waals surface area contributed by atoms with Crippen molar-refractivity contribution in [2.75, 3.05) is 5.75 Å². The minimum Gasteiger partial charge on any atom is -0.477 e. The van der Waals surface area contributed by atoms with Crippen molar-refractivity contribution in [2.24, 2.45) is 4.99 Å². The highest BCUT2D eigenvalue weighted by molar-refractivity contribution is 7.93. The molecule has 0 saturated heterocycles. The maximum absolute atomic E-state index is 11.9. The summed E-state index contributed by atoms with van der Waals surface area (Å²) >= 11 is 2.29. The number of carboxylic acids is 1. The van der Waals surface area contributed by atoms with Crippen LogP contribution in [0.2, 0.25) is 0 Å². The zero-order chi connectivity index (χ0) is 14.3. The van der Waals surface area contributed by atoms with E-state index >= 15 is 0 Å². The molecule has 1 aliphatic heterocycles. The van der Waals surface area contributed by atoms with E-state index in [2.05, 4.69) is 4.99 Å². The Bertz CT molecular complexity index is 861. The molecule has 0 aliphatic carbocycles. The number of sulfone groups is 1. The van der Waals surface area contributed by atoms with E-state index in [0.29, 0.717) is 27.2 Å². The molecule has 5 nitrogen and oxygen atoms in total. The second-order valence-corrected chi connectivity index (χ2v) is 8.33. The van der Waals surface area contributed by atoms with Gasteiger partial charge < -0.3 is 5.11 Å². The van der Waals surface area contributed by atoms with Gasteiger partial charge in [-0.05, 0) is 29.3 Å². The molecule has 0 radical (unpaired) electrons. The molecule has 0 saturated carbocycles. The van der Waals surface area contributed by atoms with Crippen molar-refractivity contribution in [1.82, 2.24) is 0 Å². The van der Waals surface area contributed by atoms with Crippen LogP contribution in [0.1, 0.15) is 15.2 Å². The lowest BCUT2D eigenvalue weighted by Gasteiger charge is -1.98. The average molecular weight is 327 g/mol. The Kier molecular flexibility index (Phi) is 3.23. The second kappa shape index (κ2) is 4.80. The van der Waals surface area contributed by atoms with E-state index in [9.17, 15) is 13.2 Å². The summed E-state index contributed by atoms with van der Waals surface area (Å²) in [5, 5.41) is 12.9. The van der Waals surface area contributed by atoms with E-state index in [-0.39, 0.29) is 10.6 Å². The van der Waals surface area contributed by atoms with Crippen molar-refractivity contribution in [3.05, 3.63) is 38.7 Å². The third-order valence-electron chi connectivity index (χ3n) is 2.94. The Morgan fingerprint density at radius 2 is 2.00 bits per heavy atom. The molecule has 0 aromatic carbocycles. The summed E-state index contributed by atoms with van der Waals surface area (Å²) in [7, 11) is -3.19. The predicted molar refractivity (Wildman–Crippen MR) is 76.6 cm³/mol. The topological polar surface area (TPSA) is 83.8 Å². The van der Waals surface area contributed by atoms with Gasteiger partial charge >= 0.3 is 5.97 Å². The summed E-state index contributed by atoms with van der Waals surface area (Å²) in [5.74, 6) is -0.928. The second-order valence-electron chi connectivity index (χ2n) is 4.19. The standard InChI is InChI=1S/C12H9NO4S3/c14-11(15)10-9(2-4-18-10)13-8-1-5-19-12-7(8)3-6-20(12,16)17/h1-2,4-5H,3,6H2,(H,14,15). The number of thiophene rings is 1. The first-order valence-corrected chi connectivity index (χ1v) is 9.09. The highest BCUT2D eigenvalue weighted by atomic mass is 32.2. The molecular formula is C12H9NO4S3. The van der Waals surface area contributed by atoms with Crippen molar-refractivity contribution in [3.63, 3.8) is 0 Å². The Morgan fingerprint density at radius 3 is 2.75 bits per heavy atom. The lowest BCUT2D eigenvalue weighted by molar-refractivity contribution is 0.0703. The van der Waals surface area contributed by atoms with E-state index in [1.165, 1.54) is 11.3 Å². The number of hydrogen-bond acceptors (Lipinski definition) is 6. The Morgan fingerprint density at radius 1 is 1.25 bits per heavy atom. The number of nitrogens with zero attached hydrogens (tertiary/aromatic N) is 1. The van der Waals surface area contributed by atoms with Gasteiger partial charge in [-0.3, -0.25) is 0 Å². The van der Waals surface area contributed by atoms with E-state index in [4.69, 9.17) is 5.11 Å². The van der Waals surface area contributed by atoms with Crippen molar-refractivity contribution in [2.45, 2.75) is 10.6 Å². The lowest BCUT2D eigenvalue weighted by atomic mass is 10.2. The predicted octanol–water partition coefficient (Wildman–Crippen LogP) is 2.07. The summed E-state index contributed by atoms with van der Waals surface area (Å²) in [6.07, 6.45) is 0.431. The van der Waals surface area contributed by atoms with E-state index in [1.807, 2.05) is 0 Å². The van der Waals surface area contributed by atoms with Crippen LogP contribution in [0, 0.1) is 0 Å². The average Bonchev–Trinajstić information content (AvgIpc) is 2.96. The molecule has 0 fully saturated rings. The number of hydrogen-bond donors (Lipinski definition) is 1. The fraction of sp³-hybridized carbons (Fsp3) is 0.167. The third kappa shape index (κ3) is 2.19. The summed E-state index contributed by atoms with van der Waals surface area (Å²) in [4.78, 5) is 15.6. The molecule has 0 bridgehead atoms. The van der Waals surface area contributed by atoms with E-state index in [1.54, 1.807) is 22.9 Å². The van der Waals surface area contributed by atoms with Crippen molar-refractivity contribution >= 4 is 44.2 Å². The molecule has 2 aromatic heterocycles. The van der Waals surface area contributed by atoms with Gasteiger partial charge in [0.15, 0.2) is 9.84 Å². The molecule has 8 heteroatoms. The molecule has 1 N–H and O–H groups in total. The zero-order valence-electron chi connectivity index (χ0n) is 10.1. The van der Waals surface area contributed by atoms with E-state index < -0.39 is 15.8 Å². The molecule has 104 valence electrons. The summed E-state index contributed by atoms with van der Waals surface area (Å²) in [5.41, 5.74) is 1.06. The molecule has 2 aromatic rings. The van der Waals surface area contributed by atoms with Crippen molar-refractivity contribution in [3.8, 4) is 0 Å². The minimum absolute atomic E-state index is 0.0980. The van der Waals surface area contributed by atoms with Gasteiger partial charge in [-0.2, -0.15) is 0 Å². The molecule has 0 unspecified atom stereocenters. The van der Waals surface area contributed by atoms with Gasteiger partial charge in [-0.25, -0.2) is 18.2 Å². The van der Waals surface area contributed by atoms with Crippen LogP contribution in [0.5, 0.6) is 0 Å². The van der Waals surface area contributed by atoms with Crippen LogP contribution >= 0.6 is 22.7 Å². The largest absolute Gasteiger partial charge is 0.477 e. The van der Waals surface area contributed by atoms with Crippen LogP contribution in [0.25, 0.3) is 0 Å². The maximum Gasteiger partial charge on any atom is 0.348 e. The summed E-state index contributed by atoms with van der Waals surface area (Å²) < 4.78 is 24.1. The van der Waals surface area contributed by atoms with Gasteiger partial charge in [0.2, 0.25) is 0 Å². The molecule has 1 aliphatic rings. The highest BCUT2D eigenvalue weighted by Gasteiger charge is 2.28. The Balaban J connectivity index is 2.22. The first-order chi connectivity index (χ1) is 9.49. The van der Waals surface area contributed by atoms with Gasteiger partial charge in [0.25, 0.3) is 0 Å². The highest BCUT2D eigenvalue weighted by Crippen LogP contribution is 2.28. The first-order valence-electron chi connectivity index (χ1n) is 5.68. The monoisotopic (exact) mass is 327 g/mol. The SMILES string of the molecule is O=C(O)c1sccc1N=c1ccsc2c1CCS2(=O)=O. The molecule has 3 rings (SSSR count). The summed E-state index contributed by atoms with van der Waals surface area (Å²) in [6.45, 7) is 0. The van der Waals surface area contributed by atoms with Crippen LogP contribution in [-0.4, -0.2) is 25.2 Å². The molecule has 0 atom stereocenters. The zero-order valence-corrected chi connectivity index (χ0v) is 12.5. The van der Waals surface area contributed by atoms with Crippen LogP contribution < -0.4 is 5.36 Å². The quantitative estimate of drug-likeness (QED) is 0.915. The number of rotatable bonds is 2. The van der Waals surface area contributed by atoms with Crippen molar-refractivity contribution < 1.29 is 18.3 Å². The summed E-state index contributed by atoms with van der Waals surface area (Å²) in [6, 6.07) is 3.36. The fourth-order valence-electron chi connectivity index (χ4n) is 2.04. The molecule has 20 heavy (non-hydrogen) atoms. The number of carbonyl (C=O) groups is 1. The Labute approximate surface area is 122 Å². The number of fused-ring (bicyclic) bond motifs is 1. The first kappa shape index (κ1) is 13.5. The minimum atomic E-state index is -3.19. The lowest BCUT2D eigenvalue weighted by Crippen LogP contribution is -2.07. The van der Waals surface area contributed by atoms with Crippen LogP contribution in [0.15, 0.2) is 32.1 Å². The van der Waals surface area contributed by atoms with Crippen LogP contribution in [0.4, 0.5) is 5.69 Å². The van der Waals surface area contributed by atoms with Gasteiger partial charge in [0, 0.05) is 5.56 Å². The van der Waals surface area contributed by atoms with Gasteiger partial charge in [-0.1, -0.05) is 0 Å². The van der Waals surface area contributed by atoms with Gasteiger partial charge in [-0.15, -0.1) is 22.7 Å². The van der Waals surface area contributed by atoms with E-state index in [0.717, 1.165) is 11.3 Å². The van der Waals surface area contributed by atoms with Gasteiger partial charge in [0.1, 0.15) is 9.09 Å². The fourth-order valence-corrected chi connectivity index (χ4v) is 5.62. The number of aromatic carboxylic acids is 1.